The molecule has 0 aliphatic carbocycles. The lowest BCUT2D eigenvalue weighted by Gasteiger charge is -2.48. The maximum atomic E-state index is 14.2. The number of hydrogen-bond donors (Lipinski definition) is 5. The zero-order valence-corrected chi connectivity index (χ0v) is 34.2. The van der Waals surface area contributed by atoms with Crippen LogP contribution in [0.5, 0.6) is 0 Å². The molecular weight excluding hydrogens is 676 g/mol. The van der Waals surface area contributed by atoms with Gasteiger partial charge in [-0.1, -0.05) is 20.8 Å². The van der Waals surface area contributed by atoms with Gasteiger partial charge in [-0.2, -0.15) is 0 Å². The first-order chi connectivity index (χ1) is 23.9. The lowest BCUT2D eigenvalue weighted by atomic mass is 9.77. The molecule has 0 spiro atoms. The fourth-order valence-electron chi connectivity index (χ4n) is 8.74. The summed E-state index contributed by atoms with van der Waals surface area (Å²) >= 11 is 0. The zero-order chi connectivity index (χ0) is 39.7. The number of rotatable bonds is 7. The third-order valence-corrected chi connectivity index (χ3v) is 12.2. The summed E-state index contributed by atoms with van der Waals surface area (Å²) < 4.78 is 37.5. The summed E-state index contributed by atoms with van der Waals surface area (Å²) in [5, 5.41) is 58.1. The van der Waals surface area contributed by atoms with Gasteiger partial charge in [0.15, 0.2) is 12.6 Å². The van der Waals surface area contributed by atoms with Gasteiger partial charge in [0, 0.05) is 38.1 Å². The van der Waals surface area contributed by atoms with Gasteiger partial charge in [-0.25, -0.2) is 0 Å². The van der Waals surface area contributed by atoms with E-state index in [4.69, 9.17) is 28.4 Å². The van der Waals surface area contributed by atoms with E-state index in [2.05, 4.69) is 0 Å². The number of likely N-dealkylation sites (N-methyl/N-ethyl adjacent to an activating group) is 2. The molecule has 14 nitrogen and oxygen atoms in total. The Kier molecular flexibility index (Phi) is 15.6. The molecule has 52 heavy (non-hydrogen) atoms. The van der Waals surface area contributed by atoms with Crippen molar-refractivity contribution in [1.29, 1.82) is 0 Å². The maximum Gasteiger partial charge on any atom is 0.311 e. The van der Waals surface area contributed by atoms with Gasteiger partial charge in [0.25, 0.3) is 0 Å². The molecule has 3 saturated heterocycles. The molecule has 0 amide bonds. The average Bonchev–Trinajstić information content (AvgIpc) is 3.05. The Bertz CT molecular complexity index is 1140. The van der Waals surface area contributed by atoms with Gasteiger partial charge in [0.1, 0.15) is 30.0 Å². The largest absolute Gasteiger partial charge is 0.459 e. The molecule has 3 rings (SSSR count). The summed E-state index contributed by atoms with van der Waals surface area (Å²) in [5.74, 6) is -2.58. The molecule has 0 aromatic carbocycles. The van der Waals surface area contributed by atoms with Crippen LogP contribution in [0.1, 0.15) is 94.9 Å². The number of aliphatic hydroxyl groups excluding tert-OH is 3. The first kappa shape index (κ1) is 45.4. The smallest absolute Gasteiger partial charge is 0.311 e. The molecule has 14 heteroatoms. The first-order valence-corrected chi connectivity index (χ1v) is 19.1. The molecule has 3 fully saturated rings. The Morgan fingerprint density at radius 2 is 1.56 bits per heavy atom. The fraction of sp³-hybridized carbons (Fsp3) is 0.974. The van der Waals surface area contributed by atoms with E-state index in [0.717, 1.165) is 0 Å². The Labute approximate surface area is 312 Å². The third-order valence-electron chi connectivity index (χ3n) is 12.2. The molecule has 1 unspecified atom stereocenters. The van der Waals surface area contributed by atoms with E-state index in [1.807, 2.05) is 51.7 Å². The topological polar surface area (TPSA) is 180 Å². The average molecular weight is 749 g/mol. The van der Waals surface area contributed by atoms with Gasteiger partial charge in [-0.15, -0.1) is 0 Å². The van der Waals surface area contributed by atoms with Crippen molar-refractivity contribution in [3.05, 3.63) is 0 Å². The second kappa shape index (κ2) is 17.8. The highest BCUT2D eigenvalue weighted by molar-refractivity contribution is 5.73. The molecular formula is C38H72N2O12. The highest BCUT2D eigenvalue weighted by Crippen LogP contribution is 2.40. The van der Waals surface area contributed by atoms with Crippen molar-refractivity contribution in [2.45, 2.75) is 185 Å². The summed E-state index contributed by atoms with van der Waals surface area (Å²) in [7, 11) is 7.12. The minimum atomic E-state index is -1.80. The summed E-state index contributed by atoms with van der Waals surface area (Å²) in [6.45, 7) is 18.0. The highest BCUT2D eigenvalue weighted by atomic mass is 16.7. The molecule has 306 valence electrons. The van der Waals surface area contributed by atoms with Crippen LogP contribution in [0.2, 0.25) is 0 Å². The number of esters is 1. The van der Waals surface area contributed by atoms with Crippen molar-refractivity contribution in [3.63, 3.8) is 0 Å². The first-order valence-electron chi connectivity index (χ1n) is 19.1. The number of ether oxygens (including phenoxy) is 6. The molecule has 3 aliphatic heterocycles. The maximum absolute atomic E-state index is 14.2. The Balaban J connectivity index is 2.17. The van der Waals surface area contributed by atoms with Gasteiger partial charge in [0.2, 0.25) is 0 Å². The predicted octanol–water partition coefficient (Wildman–Crippen LogP) is 1.90. The molecule has 0 saturated carbocycles. The van der Waals surface area contributed by atoms with Crippen LogP contribution in [-0.4, -0.2) is 166 Å². The second-order valence-electron chi connectivity index (χ2n) is 17.2. The van der Waals surface area contributed by atoms with E-state index in [9.17, 15) is 30.3 Å². The summed E-state index contributed by atoms with van der Waals surface area (Å²) in [4.78, 5) is 18.0. The standard InChI is InChI=1S/C38H72N2O12/c1-15-27-38(10,46)31(42)24(6)40(13)19-20(2)17-36(8,45)33(52-35-29(41)26(39(11)12)16-21(3)48-35)22(4)30(23(5)34(44)50-27)51-28-18-37(9,47-14)32(43)25(7)49-28/h20-33,35,41-43,45-46H,15-19H2,1-14H3/t20-,21-,22+,23?,24-,25+,26+,27-,28+,29-,30+,31-,32+,33-,35+,36-,37-,38-/m1/s1. The van der Waals surface area contributed by atoms with Crippen molar-refractivity contribution < 1.29 is 58.7 Å². The normalized spacial score (nSPS) is 49.6. The number of cyclic esters (lactones) is 1. The predicted molar refractivity (Wildman–Crippen MR) is 194 cm³/mol. The highest BCUT2D eigenvalue weighted by Gasteiger charge is 2.52. The van der Waals surface area contributed by atoms with Crippen LogP contribution in [0.25, 0.3) is 0 Å². The van der Waals surface area contributed by atoms with E-state index in [1.54, 1.807) is 41.5 Å². The minimum absolute atomic E-state index is 0.133. The Morgan fingerprint density at radius 1 is 0.942 bits per heavy atom. The third kappa shape index (κ3) is 10.0. The van der Waals surface area contributed by atoms with Crippen molar-refractivity contribution >= 4 is 5.97 Å². The van der Waals surface area contributed by atoms with E-state index >= 15 is 0 Å². The monoisotopic (exact) mass is 749 g/mol. The molecule has 0 aromatic rings. The quantitative estimate of drug-likeness (QED) is 0.238. The van der Waals surface area contributed by atoms with Crippen LogP contribution >= 0.6 is 0 Å². The summed E-state index contributed by atoms with van der Waals surface area (Å²) in [5.41, 5.74) is -4.37. The number of carbonyl (C=O) groups excluding carboxylic acids is 1. The molecule has 3 aliphatic rings. The molecule has 18 atom stereocenters. The molecule has 0 radical (unpaired) electrons. The molecule has 3 heterocycles. The lowest BCUT2D eigenvalue weighted by Crippen LogP contribution is -2.60. The van der Waals surface area contributed by atoms with Crippen LogP contribution in [0.15, 0.2) is 0 Å². The zero-order valence-electron chi connectivity index (χ0n) is 34.2. The van der Waals surface area contributed by atoms with Gasteiger partial charge >= 0.3 is 5.97 Å². The summed E-state index contributed by atoms with van der Waals surface area (Å²) in [6, 6.07) is -0.808. The van der Waals surface area contributed by atoms with E-state index in [1.165, 1.54) is 14.0 Å². The molecule has 0 aromatic heterocycles. The van der Waals surface area contributed by atoms with Crippen LogP contribution < -0.4 is 0 Å². The van der Waals surface area contributed by atoms with Crippen LogP contribution in [0.3, 0.4) is 0 Å². The SMILES string of the molecule is CC[C@H]1OC(=O)C(C)[C@@H](O[C@H]2C[C@@](C)(OC)[C@@H](O)[C@H](C)O2)[C@H](C)[C@@H](O[C@@H]2O[C@H](C)C[C@H](N(C)C)[C@H]2O)[C@](C)(O)C[C@@H](C)CN(C)[C@H](C)[C@@H](O)[C@]1(C)O. The summed E-state index contributed by atoms with van der Waals surface area (Å²) in [6.07, 6.45) is -8.19. The minimum Gasteiger partial charge on any atom is -0.459 e. The lowest BCUT2D eigenvalue weighted by molar-refractivity contribution is -0.318. The van der Waals surface area contributed by atoms with E-state index in [-0.39, 0.29) is 37.3 Å². The van der Waals surface area contributed by atoms with Crippen LogP contribution in [0, 0.1) is 17.8 Å². The van der Waals surface area contributed by atoms with Gasteiger partial charge in [-0.05, 0) is 94.8 Å². The number of nitrogens with zero attached hydrogens (tertiary/aromatic N) is 2. The van der Waals surface area contributed by atoms with Gasteiger partial charge in [-0.3, -0.25) is 4.79 Å². The van der Waals surface area contributed by atoms with Gasteiger partial charge < -0.3 is 63.8 Å². The second-order valence-corrected chi connectivity index (χ2v) is 17.2. The number of aliphatic hydroxyl groups is 5. The fourth-order valence-corrected chi connectivity index (χ4v) is 8.74. The van der Waals surface area contributed by atoms with Crippen LogP contribution in [-0.2, 0) is 33.2 Å². The Morgan fingerprint density at radius 3 is 2.12 bits per heavy atom. The van der Waals surface area contributed by atoms with E-state index in [0.29, 0.717) is 13.0 Å². The van der Waals surface area contributed by atoms with Crippen molar-refractivity contribution in [2.24, 2.45) is 17.8 Å². The number of carbonyl (C=O) groups is 1. The van der Waals surface area contributed by atoms with Crippen LogP contribution in [0.4, 0.5) is 0 Å². The number of methoxy groups -OCH3 is 1. The van der Waals surface area contributed by atoms with Crippen molar-refractivity contribution in [2.75, 3.05) is 34.8 Å². The molecule has 0 bridgehead atoms. The van der Waals surface area contributed by atoms with E-state index < -0.39 is 96.0 Å². The van der Waals surface area contributed by atoms with Gasteiger partial charge in [0.05, 0.1) is 41.5 Å². The number of hydrogen-bond acceptors (Lipinski definition) is 14. The van der Waals surface area contributed by atoms with Crippen molar-refractivity contribution in [1.82, 2.24) is 9.80 Å². The van der Waals surface area contributed by atoms with Crippen molar-refractivity contribution in [3.8, 4) is 0 Å². The molecule has 5 N–H and O–H groups in total. The Hall–Kier alpha value is -1.01.